The lowest BCUT2D eigenvalue weighted by Crippen LogP contribution is -2.30. The Morgan fingerprint density at radius 1 is 1.08 bits per heavy atom. The summed E-state index contributed by atoms with van der Waals surface area (Å²) >= 11 is 0. The van der Waals surface area contributed by atoms with E-state index in [4.69, 9.17) is 5.73 Å². The fourth-order valence-corrected chi connectivity index (χ4v) is 4.02. The zero-order valence-corrected chi connectivity index (χ0v) is 14.0. The summed E-state index contributed by atoms with van der Waals surface area (Å²) in [4.78, 5) is 11.8. The summed E-state index contributed by atoms with van der Waals surface area (Å²) in [5.74, 6) is -0.252. The van der Waals surface area contributed by atoms with Gasteiger partial charge in [0.1, 0.15) is 0 Å². The van der Waals surface area contributed by atoms with E-state index in [1.807, 2.05) is 13.8 Å². The van der Waals surface area contributed by atoms with Crippen LogP contribution in [0.1, 0.15) is 25.0 Å². The van der Waals surface area contributed by atoms with Gasteiger partial charge >= 0.3 is 0 Å². The molecule has 1 atom stereocenters. The fourth-order valence-electron chi connectivity index (χ4n) is 4.02. The first kappa shape index (κ1) is 14.9. The number of rotatable bonds is 3. The van der Waals surface area contributed by atoms with Gasteiger partial charge in [-0.15, -0.1) is 0 Å². The standard InChI is InChI=1S/C22H21NO/c1-13(2)21(22(23)24)16-8-9-18-15(12-16)7-11-19-17-5-3-4-14(17)6-10-20(18)19/h3-8,10-13,21H,9H2,1-2H3,(H2,23,24). The van der Waals surface area contributed by atoms with Crippen LogP contribution in [0.15, 0.2) is 42.0 Å². The average molecular weight is 315 g/mol. The van der Waals surface area contributed by atoms with Crippen LogP contribution in [0.25, 0.3) is 29.0 Å². The number of amides is 1. The number of carbonyl (C=O) groups is 1. The highest BCUT2D eigenvalue weighted by molar-refractivity contribution is 5.96. The van der Waals surface area contributed by atoms with Crippen LogP contribution in [0, 0.1) is 11.8 Å². The molecule has 0 radical (unpaired) electrons. The topological polar surface area (TPSA) is 43.1 Å². The first-order valence-corrected chi connectivity index (χ1v) is 8.50. The highest BCUT2D eigenvalue weighted by Gasteiger charge is 2.24. The molecule has 2 heteroatoms. The van der Waals surface area contributed by atoms with Crippen molar-refractivity contribution in [1.29, 1.82) is 0 Å². The molecule has 0 fully saturated rings. The summed E-state index contributed by atoms with van der Waals surface area (Å²) < 4.78 is 0. The van der Waals surface area contributed by atoms with E-state index >= 15 is 0 Å². The largest absolute Gasteiger partial charge is 0.369 e. The number of carbonyl (C=O) groups excluding carboxylic acids is 1. The smallest absolute Gasteiger partial charge is 0.225 e. The Hall–Kier alpha value is -2.61. The van der Waals surface area contributed by atoms with E-state index in [0.29, 0.717) is 0 Å². The van der Waals surface area contributed by atoms with Crippen molar-refractivity contribution in [1.82, 2.24) is 0 Å². The number of fused-ring (bicyclic) bond motifs is 5. The molecular formula is C22H21NO. The van der Waals surface area contributed by atoms with Gasteiger partial charge in [0, 0.05) is 0 Å². The maximum Gasteiger partial charge on any atom is 0.225 e. The summed E-state index contributed by atoms with van der Waals surface area (Å²) in [6, 6.07) is 8.79. The molecule has 1 unspecified atom stereocenters. The Balaban J connectivity index is 1.89. The molecule has 1 amide bonds. The normalized spacial score (nSPS) is 16.2. The molecule has 0 heterocycles. The van der Waals surface area contributed by atoms with Crippen LogP contribution in [0.4, 0.5) is 0 Å². The van der Waals surface area contributed by atoms with Crippen LogP contribution in [-0.2, 0) is 11.2 Å². The number of allylic oxidation sites excluding steroid dienone is 2. The summed E-state index contributed by atoms with van der Waals surface area (Å²) in [5.41, 5.74) is 9.33. The molecule has 120 valence electrons. The Labute approximate surface area is 141 Å². The van der Waals surface area contributed by atoms with Crippen molar-refractivity contribution in [3.63, 3.8) is 0 Å². The van der Waals surface area contributed by atoms with E-state index < -0.39 is 0 Å². The van der Waals surface area contributed by atoms with Crippen molar-refractivity contribution in [2.75, 3.05) is 0 Å². The molecule has 2 nitrogen and oxygen atoms in total. The first-order valence-electron chi connectivity index (χ1n) is 8.50. The highest BCUT2D eigenvalue weighted by Crippen LogP contribution is 2.27. The minimum Gasteiger partial charge on any atom is -0.369 e. The van der Waals surface area contributed by atoms with Crippen LogP contribution in [0.2, 0.25) is 0 Å². The summed E-state index contributed by atoms with van der Waals surface area (Å²) in [6.45, 7) is 4.10. The van der Waals surface area contributed by atoms with Gasteiger partial charge in [-0.05, 0) is 50.2 Å². The van der Waals surface area contributed by atoms with E-state index in [0.717, 1.165) is 12.0 Å². The van der Waals surface area contributed by atoms with Crippen LogP contribution < -0.4 is 16.2 Å². The van der Waals surface area contributed by atoms with Gasteiger partial charge in [0.05, 0.1) is 5.92 Å². The van der Waals surface area contributed by atoms with Gasteiger partial charge in [-0.3, -0.25) is 4.79 Å². The van der Waals surface area contributed by atoms with Gasteiger partial charge in [-0.25, -0.2) is 0 Å². The molecule has 2 aliphatic carbocycles. The Morgan fingerprint density at radius 2 is 1.83 bits per heavy atom. The Bertz CT molecular complexity index is 1040. The fraction of sp³-hybridized carbons (Fsp3) is 0.227. The molecule has 0 bridgehead atoms. The molecule has 0 spiro atoms. The molecule has 0 aliphatic heterocycles. The number of primary amides is 1. The summed E-state index contributed by atoms with van der Waals surface area (Å²) in [6.07, 6.45) is 11.6. The third-order valence-electron chi connectivity index (χ3n) is 5.16. The molecule has 2 aliphatic rings. The van der Waals surface area contributed by atoms with Gasteiger partial charge in [-0.2, -0.15) is 0 Å². The molecule has 24 heavy (non-hydrogen) atoms. The van der Waals surface area contributed by atoms with Crippen molar-refractivity contribution in [2.24, 2.45) is 17.6 Å². The lowest BCUT2D eigenvalue weighted by atomic mass is 9.83. The van der Waals surface area contributed by atoms with Crippen molar-refractivity contribution in [3.05, 3.63) is 63.6 Å². The van der Waals surface area contributed by atoms with E-state index in [-0.39, 0.29) is 17.7 Å². The van der Waals surface area contributed by atoms with Crippen molar-refractivity contribution >= 4 is 34.9 Å². The molecule has 2 aromatic rings. The maximum atomic E-state index is 11.8. The van der Waals surface area contributed by atoms with Gasteiger partial charge in [-0.1, -0.05) is 68.5 Å². The third-order valence-corrected chi connectivity index (χ3v) is 5.16. The van der Waals surface area contributed by atoms with E-state index in [9.17, 15) is 4.79 Å². The Kier molecular flexibility index (Phi) is 3.42. The van der Waals surface area contributed by atoms with Gasteiger partial charge in [0.15, 0.2) is 0 Å². The zero-order chi connectivity index (χ0) is 16.8. The highest BCUT2D eigenvalue weighted by atomic mass is 16.1. The molecule has 2 N–H and O–H groups in total. The molecule has 0 aromatic heterocycles. The number of hydrogen-bond donors (Lipinski definition) is 1. The van der Waals surface area contributed by atoms with Gasteiger partial charge < -0.3 is 5.73 Å². The number of hydrogen-bond acceptors (Lipinski definition) is 1. The molecule has 0 saturated carbocycles. The van der Waals surface area contributed by atoms with Gasteiger partial charge in [0.25, 0.3) is 0 Å². The molecule has 2 aromatic carbocycles. The lowest BCUT2D eigenvalue weighted by Gasteiger charge is -2.22. The second-order valence-corrected chi connectivity index (χ2v) is 7.00. The molecule has 0 saturated heterocycles. The minimum atomic E-state index is -0.241. The monoisotopic (exact) mass is 315 g/mol. The van der Waals surface area contributed by atoms with Crippen LogP contribution in [0.5, 0.6) is 0 Å². The predicted molar refractivity (Wildman–Crippen MR) is 100 cm³/mol. The minimum absolute atomic E-state index is 0.205. The van der Waals surface area contributed by atoms with Gasteiger partial charge in [0.2, 0.25) is 5.91 Å². The zero-order valence-electron chi connectivity index (χ0n) is 14.0. The second kappa shape index (κ2) is 5.48. The van der Waals surface area contributed by atoms with Crippen LogP contribution in [-0.4, -0.2) is 5.91 Å². The van der Waals surface area contributed by atoms with E-state index in [2.05, 4.69) is 54.6 Å². The predicted octanol–water partition coefficient (Wildman–Crippen LogP) is 2.67. The SMILES string of the molecule is CC(C)C(C(N)=O)C1=CCc2c(ccc3c4c(ccc23)=CC=C4)=C1. The lowest BCUT2D eigenvalue weighted by molar-refractivity contribution is -0.121. The van der Waals surface area contributed by atoms with E-state index in [1.165, 1.54) is 32.3 Å². The van der Waals surface area contributed by atoms with Crippen molar-refractivity contribution in [3.8, 4) is 0 Å². The first-order chi connectivity index (χ1) is 11.6. The molecule has 4 rings (SSSR count). The summed E-state index contributed by atoms with van der Waals surface area (Å²) in [5, 5.41) is 5.10. The van der Waals surface area contributed by atoms with Crippen LogP contribution >= 0.6 is 0 Å². The average Bonchev–Trinajstić information content (AvgIpc) is 3.02. The second-order valence-electron chi connectivity index (χ2n) is 7.00. The van der Waals surface area contributed by atoms with Crippen LogP contribution in [0.3, 0.4) is 0 Å². The van der Waals surface area contributed by atoms with Crippen molar-refractivity contribution in [2.45, 2.75) is 20.3 Å². The maximum absolute atomic E-state index is 11.8. The van der Waals surface area contributed by atoms with E-state index in [1.54, 1.807) is 0 Å². The van der Waals surface area contributed by atoms with Crippen molar-refractivity contribution < 1.29 is 4.79 Å². The summed E-state index contributed by atoms with van der Waals surface area (Å²) in [7, 11) is 0. The number of nitrogens with two attached hydrogens (primary N) is 1. The third kappa shape index (κ3) is 2.22. The number of benzene rings is 2. The Morgan fingerprint density at radius 3 is 2.58 bits per heavy atom. The quantitative estimate of drug-likeness (QED) is 0.930. The molecular weight excluding hydrogens is 294 g/mol.